The molecule has 0 saturated carbocycles. The number of hydrogen-bond acceptors (Lipinski definition) is 4. The lowest BCUT2D eigenvalue weighted by atomic mass is 9.92. The molecule has 0 amide bonds. The summed E-state index contributed by atoms with van der Waals surface area (Å²) in [6.07, 6.45) is 8.16. The average Bonchev–Trinajstić information content (AvgIpc) is 2.89. The van der Waals surface area contributed by atoms with Crippen LogP contribution in [0.25, 0.3) is 5.57 Å². The molecule has 4 nitrogen and oxygen atoms in total. The molecular weight excluding hydrogens is 292 g/mol. The van der Waals surface area contributed by atoms with Gasteiger partial charge in [0.25, 0.3) is 0 Å². The van der Waals surface area contributed by atoms with E-state index >= 15 is 0 Å². The minimum absolute atomic E-state index is 0.203. The predicted molar refractivity (Wildman–Crippen MR) is 89.3 cm³/mol. The van der Waals surface area contributed by atoms with E-state index in [0.29, 0.717) is 30.1 Å². The van der Waals surface area contributed by atoms with Gasteiger partial charge in [-0.15, -0.1) is 0 Å². The fraction of sp³-hybridized carbons (Fsp3) is 0.421. The largest absolute Gasteiger partial charge is 0.493 e. The van der Waals surface area contributed by atoms with Crippen LogP contribution in [0, 0.1) is 0 Å². The van der Waals surface area contributed by atoms with Crippen LogP contribution in [0.2, 0.25) is 0 Å². The molecule has 0 heterocycles. The Hall–Kier alpha value is -2.23. The molecule has 122 valence electrons. The number of hydrogen-bond donors (Lipinski definition) is 0. The Bertz CT molecular complexity index is 698. The van der Waals surface area contributed by atoms with E-state index < -0.39 is 0 Å². The molecule has 0 fully saturated rings. The molecule has 1 aromatic carbocycles. The summed E-state index contributed by atoms with van der Waals surface area (Å²) in [5.74, 6) is 2.10. The topological polar surface area (TPSA) is 44.8 Å². The number of benzene rings is 1. The van der Waals surface area contributed by atoms with E-state index in [1.807, 2.05) is 12.1 Å². The molecule has 4 heteroatoms. The van der Waals surface area contributed by atoms with E-state index in [1.54, 1.807) is 21.3 Å². The summed E-state index contributed by atoms with van der Waals surface area (Å²) in [4.78, 5) is 12.6. The SMILES string of the molecule is COc1cc2c(c(OC)c1OC)C1=C(C=CCCC1)C(=O)CC2. The Morgan fingerprint density at radius 1 is 0.957 bits per heavy atom. The second kappa shape index (κ2) is 6.49. The number of rotatable bonds is 3. The van der Waals surface area contributed by atoms with Crippen molar-refractivity contribution in [1.82, 2.24) is 0 Å². The molecule has 0 aromatic heterocycles. The van der Waals surface area contributed by atoms with Crippen molar-refractivity contribution in [2.75, 3.05) is 21.3 Å². The van der Waals surface area contributed by atoms with Gasteiger partial charge in [-0.3, -0.25) is 4.79 Å². The third kappa shape index (κ3) is 2.62. The van der Waals surface area contributed by atoms with Crippen LogP contribution in [0.3, 0.4) is 0 Å². The van der Waals surface area contributed by atoms with Gasteiger partial charge in [-0.1, -0.05) is 12.2 Å². The van der Waals surface area contributed by atoms with E-state index in [4.69, 9.17) is 14.2 Å². The number of fused-ring (bicyclic) bond motifs is 2. The summed E-state index contributed by atoms with van der Waals surface area (Å²) in [6, 6.07) is 1.98. The van der Waals surface area contributed by atoms with E-state index in [-0.39, 0.29) is 5.78 Å². The van der Waals surface area contributed by atoms with E-state index in [1.165, 1.54) is 0 Å². The third-order valence-corrected chi connectivity index (χ3v) is 4.54. The number of carbonyl (C=O) groups is 1. The molecule has 0 bridgehead atoms. The number of ketones is 1. The molecule has 0 atom stereocenters. The van der Waals surface area contributed by atoms with Crippen LogP contribution >= 0.6 is 0 Å². The second-order valence-corrected chi connectivity index (χ2v) is 5.79. The highest BCUT2D eigenvalue weighted by molar-refractivity contribution is 6.07. The standard InChI is InChI=1S/C19H22O4/c1-21-16-11-12-9-10-15(20)13-7-5-4-6-8-14(13)17(12)19(23-3)18(16)22-2/h5,7,11H,4,6,8-10H2,1-3H3. The molecule has 0 N–H and O–H groups in total. The zero-order chi connectivity index (χ0) is 16.4. The zero-order valence-electron chi connectivity index (χ0n) is 13.9. The summed E-state index contributed by atoms with van der Waals surface area (Å²) in [5.41, 5.74) is 4.01. The maximum Gasteiger partial charge on any atom is 0.203 e. The Labute approximate surface area is 136 Å². The van der Waals surface area contributed by atoms with E-state index in [2.05, 4.69) is 6.08 Å². The minimum Gasteiger partial charge on any atom is -0.493 e. The lowest BCUT2D eigenvalue weighted by molar-refractivity contribution is -0.115. The molecule has 0 aliphatic heterocycles. The maximum atomic E-state index is 12.6. The molecule has 0 spiro atoms. The number of Topliss-reactive ketones (excluding diaryl/α,β-unsaturated/α-hetero) is 1. The number of methoxy groups -OCH3 is 3. The average molecular weight is 314 g/mol. The number of allylic oxidation sites excluding steroid dienone is 4. The highest BCUT2D eigenvalue weighted by atomic mass is 16.5. The molecular formula is C19H22O4. The van der Waals surface area contributed by atoms with E-state index in [9.17, 15) is 4.79 Å². The van der Waals surface area contributed by atoms with Crippen molar-refractivity contribution >= 4 is 11.4 Å². The minimum atomic E-state index is 0.203. The summed E-state index contributed by atoms with van der Waals surface area (Å²) in [5, 5.41) is 0. The highest BCUT2D eigenvalue weighted by Gasteiger charge is 2.29. The maximum absolute atomic E-state index is 12.6. The van der Waals surface area contributed by atoms with Gasteiger partial charge in [0, 0.05) is 17.6 Å². The second-order valence-electron chi connectivity index (χ2n) is 5.79. The van der Waals surface area contributed by atoms with Crippen LogP contribution in [0.15, 0.2) is 23.8 Å². The molecule has 0 radical (unpaired) electrons. The van der Waals surface area contributed by atoms with Crippen molar-refractivity contribution in [3.8, 4) is 17.2 Å². The van der Waals surface area contributed by atoms with Crippen LogP contribution in [0.5, 0.6) is 17.2 Å². The number of ether oxygens (including phenoxy) is 3. The summed E-state index contributed by atoms with van der Waals surface area (Å²) in [7, 11) is 4.86. The van der Waals surface area contributed by atoms with Crippen LogP contribution < -0.4 is 14.2 Å². The van der Waals surface area contributed by atoms with Gasteiger partial charge in [-0.05, 0) is 42.9 Å². The first kappa shape index (κ1) is 15.7. The van der Waals surface area contributed by atoms with Crippen LogP contribution in [-0.2, 0) is 11.2 Å². The molecule has 0 saturated heterocycles. The van der Waals surface area contributed by atoms with Gasteiger partial charge in [0.2, 0.25) is 5.75 Å². The normalized spacial score (nSPS) is 17.1. The van der Waals surface area contributed by atoms with Gasteiger partial charge in [0.15, 0.2) is 17.3 Å². The van der Waals surface area contributed by atoms with Crippen LogP contribution in [0.4, 0.5) is 0 Å². The van der Waals surface area contributed by atoms with Crippen LogP contribution in [-0.4, -0.2) is 27.1 Å². The Morgan fingerprint density at radius 3 is 2.43 bits per heavy atom. The Morgan fingerprint density at radius 2 is 1.74 bits per heavy atom. The van der Waals surface area contributed by atoms with Crippen LogP contribution in [0.1, 0.15) is 36.8 Å². The zero-order valence-corrected chi connectivity index (χ0v) is 13.9. The smallest absolute Gasteiger partial charge is 0.203 e. The first-order valence-electron chi connectivity index (χ1n) is 7.96. The predicted octanol–water partition coefficient (Wildman–Crippen LogP) is 3.72. The summed E-state index contributed by atoms with van der Waals surface area (Å²) < 4.78 is 16.7. The molecule has 23 heavy (non-hydrogen) atoms. The number of carbonyl (C=O) groups excluding carboxylic acids is 1. The van der Waals surface area contributed by atoms with Gasteiger partial charge in [0.1, 0.15) is 0 Å². The molecule has 1 aromatic rings. The monoisotopic (exact) mass is 314 g/mol. The van der Waals surface area contributed by atoms with Crippen molar-refractivity contribution in [2.24, 2.45) is 0 Å². The molecule has 2 aliphatic rings. The van der Waals surface area contributed by atoms with Crippen molar-refractivity contribution in [3.63, 3.8) is 0 Å². The Kier molecular flexibility index (Phi) is 4.42. The summed E-state index contributed by atoms with van der Waals surface area (Å²) in [6.45, 7) is 0. The third-order valence-electron chi connectivity index (χ3n) is 4.54. The first-order valence-corrected chi connectivity index (χ1v) is 7.96. The van der Waals surface area contributed by atoms with Crippen molar-refractivity contribution in [2.45, 2.75) is 32.1 Å². The molecule has 3 rings (SSSR count). The van der Waals surface area contributed by atoms with Gasteiger partial charge in [0.05, 0.1) is 21.3 Å². The molecule has 0 unspecified atom stereocenters. The molecule has 2 aliphatic carbocycles. The fourth-order valence-corrected chi connectivity index (χ4v) is 3.47. The lowest BCUT2D eigenvalue weighted by Gasteiger charge is -2.20. The van der Waals surface area contributed by atoms with Gasteiger partial charge in [-0.2, -0.15) is 0 Å². The Balaban J connectivity index is 2.32. The lowest BCUT2D eigenvalue weighted by Crippen LogP contribution is -2.03. The van der Waals surface area contributed by atoms with Crippen molar-refractivity contribution in [1.29, 1.82) is 0 Å². The number of aryl methyl sites for hydroxylation is 1. The van der Waals surface area contributed by atoms with Gasteiger partial charge >= 0.3 is 0 Å². The van der Waals surface area contributed by atoms with Gasteiger partial charge < -0.3 is 14.2 Å². The van der Waals surface area contributed by atoms with Crippen molar-refractivity contribution in [3.05, 3.63) is 34.9 Å². The van der Waals surface area contributed by atoms with Crippen molar-refractivity contribution < 1.29 is 19.0 Å². The van der Waals surface area contributed by atoms with Gasteiger partial charge in [-0.25, -0.2) is 0 Å². The first-order chi connectivity index (χ1) is 11.2. The highest BCUT2D eigenvalue weighted by Crippen LogP contribution is 2.48. The summed E-state index contributed by atoms with van der Waals surface area (Å²) >= 11 is 0. The quantitative estimate of drug-likeness (QED) is 0.853. The van der Waals surface area contributed by atoms with E-state index in [0.717, 1.165) is 41.5 Å². The fourth-order valence-electron chi connectivity index (χ4n) is 3.47.